The van der Waals surface area contributed by atoms with Gasteiger partial charge in [0, 0.05) is 0 Å². The molecule has 0 aromatic heterocycles. The highest BCUT2D eigenvalue weighted by molar-refractivity contribution is 5.66. The summed E-state index contributed by atoms with van der Waals surface area (Å²) in [7, 11) is 0. The zero-order valence-corrected chi connectivity index (χ0v) is 13.7. The molecule has 0 heteroatoms. The van der Waals surface area contributed by atoms with E-state index in [0.29, 0.717) is 5.92 Å². The topological polar surface area (TPSA) is 0 Å². The lowest BCUT2D eigenvalue weighted by Crippen LogP contribution is -2.02. The highest BCUT2D eigenvalue weighted by Gasteiger charge is 2.10. The minimum atomic E-state index is 0.544. The predicted molar refractivity (Wildman–Crippen MR) is 93.7 cm³/mol. The van der Waals surface area contributed by atoms with E-state index in [1.807, 2.05) is 0 Å². The molecule has 0 fully saturated rings. The molecule has 1 atom stereocenters. The fraction of sp³-hybridized carbons (Fsp3) is 0.333. The van der Waals surface area contributed by atoms with Crippen LogP contribution in [0.2, 0.25) is 0 Å². The van der Waals surface area contributed by atoms with Crippen LogP contribution in [-0.4, -0.2) is 0 Å². The molecule has 2 aromatic rings. The van der Waals surface area contributed by atoms with Gasteiger partial charge in [-0.15, -0.1) is 0 Å². The molecule has 0 heterocycles. The summed E-state index contributed by atoms with van der Waals surface area (Å²) in [6.07, 6.45) is 4.39. The van der Waals surface area contributed by atoms with Crippen LogP contribution in [0.15, 0.2) is 54.6 Å². The average Bonchev–Trinajstić information content (AvgIpc) is 2.54. The number of rotatable bonds is 5. The molecule has 2 rings (SSSR count). The Labute approximate surface area is 129 Å². The van der Waals surface area contributed by atoms with Crippen molar-refractivity contribution >= 4 is 5.57 Å². The molecule has 0 aliphatic rings. The molecular formula is C21H26. The molecular weight excluding hydrogens is 252 g/mol. The highest BCUT2D eigenvalue weighted by atomic mass is 14.1. The van der Waals surface area contributed by atoms with E-state index in [1.165, 1.54) is 27.8 Å². The van der Waals surface area contributed by atoms with E-state index in [1.54, 1.807) is 0 Å². The zero-order chi connectivity index (χ0) is 15.2. The highest BCUT2D eigenvalue weighted by Crippen LogP contribution is 2.26. The second-order valence-corrected chi connectivity index (χ2v) is 5.83. The van der Waals surface area contributed by atoms with Crippen molar-refractivity contribution in [2.24, 2.45) is 0 Å². The first kappa shape index (κ1) is 15.6. The molecule has 2 aromatic carbocycles. The lowest BCUT2D eigenvalue weighted by Gasteiger charge is -2.16. The SMILES string of the molecule is C/C=C(/C)c1ccccc1CC(C)c1cccc(CC)c1. The van der Waals surface area contributed by atoms with Gasteiger partial charge in [0.1, 0.15) is 0 Å². The summed E-state index contributed by atoms with van der Waals surface area (Å²) < 4.78 is 0. The Morgan fingerprint density at radius 3 is 2.57 bits per heavy atom. The Hall–Kier alpha value is -1.82. The van der Waals surface area contributed by atoms with E-state index >= 15 is 0 Å². The number of aryl methyl sites for hydroxylation is 1. The van der Waals surface area contributed by atoms with Gasteiger partial charge in [0.05, 0.1) is 0 Å². The van der Waals surface area contributed by atoms with Crippen molar-refractivity contribution in [2.45, 2.75) is 46.5 Å². The van der Waals surface area contributed by atoms with Crippen LogP contribution in [0.25, 0.3) is 5.57 Å². The molecule has 0 aliphatic heterocycles. The van der Waals surface area contributed by atoms with E-state index in [-0.39, 0.29) is 0 Å². The van der Waals surface area contributed by atoms with Crippen molar-refractivity contribution in [2.75, 3.05) is 0 Å². The number of allylic oxidation sites excluding steroid dienone is 2. The maximum atomic E-state index is 2.36. The first-order valence-corrected chi connectivity index (χ1v) is 7.95. The molecule has 0 saturated heterocycles. The Bertz CT molecular complexity index is 619. The number of hydrogen-bond acceptors (Lipinski definition) is 0. The first-order chi connectivity index (χ1) is 10.2. The fourth-order valence-electron chi connectivity index (χ4n) is 2.81. The van der Waals surface area contributed by atoms with Crippen molar-refractivity contribution in [3.63, 3.8) is 0 Å². The molecule has 0 spiro atoms. The van der Waals surface area contributed by atoms with Gasteiger partial charge >= 0.3 is 0 Å². The molecule has 0 radical (unpaired) electrons. The molecule has 110 valence electrons. The standard InChI is InChI=1S/C21H26/c1-5-16(3)21-13-8-7-11-20(21)14-17(4)19-12-9-10-18(6-2)15-19/h5,7-13,15,17H,6,14H2,1-4H3/b16-5-. The summed E-state index contributed by atoms with van der Waals surface area (Å²) in [6.45, 7) is 8.85. The summed E-state index contributed by atoms with van der Waals surface area (Å²) in [5.41, 5.74) is 7.07. The summed E-state index contributed by atoms with van der Waals surface area (Å²) in [4.78, 5) is 0. The second-order valence-electron chi connectivity index (χ2n) is 5.83. The lowest BCUT2D eigenvalue weighted by molar-refractivity contribution is 0.756. The lowest BCUT2D eigenvalue weighted by atomic mass is 9.89. The van der Waals surface area contributed by atoms with Gasteiger partial charge in [-0.3, -0.25) is 0 Å². The zero-order valence-electron chi connectivity index (χ0n) is 13.7. The maximum Gasteiger partial charge on any atom is -0.0150 e. The molecule has 0 nitrogen and oxygen atoms in total. The van der Waals surface area contributed by atoms with Crippen LogP contribution in [0.4, 0.5) is 0 Å². The normalized spacial score (nSPS) is 13.2. The third-order valence-electron chi connectivity index (χ3n) is 4.33. The monoisotopic (exact) mass is 278 g/mol. The Balaban J connectivity index is 2.25. The van der Waals surface area contributed by atoms with Crippen LogP contribution >= 0.6 is 0 Å². The van der Waals surface area contributed by atoms with Gasteiger partial charge < -0.3 is 0 Å². The third-order valence-corrected chi connectivity index (χ3v) is 4.33. The summed E-state index contributed by atoms with van der Waals surface area (Å²) in [5, 5.41) is 0. The largest absolute Gasteiger partial charge is 0.0841 e. The van der Waals surface area contributed by atoms with Crippen LogP contribution in [0.5, 0.6) is 0 Å². The van der Waals surface area contributed by atoms with Gasteiger partial charge in [-0.1, -0.05) is 68.5 Å². The van der Waals surface area contributed by atoms with E-state index in [2.05, 4.69) is 82.3 Å². The maximum absolute atomic E-state index is 2.36. The van der Waals surface area contributed by atoms with Crippen LogP contribution in [0.1, 0.15) is 55.9 Å². The van der Waals surface area contributed by atoms with Crippen LogP contribution in [0, 0.1) is 0 Å². The second kappa shape index (κ2) is 7.26. The van der Waals surface area contributed by atoms with Crippen molar-refractivity contribution in [1.82, 2.24) is 0 Å². The molecule has 1 unspecified atom stereocenters. The Kier molecular flexibility index (Phi) is 5.38. The predicted octanol–water partition coefficient (Wildman–Crippen LogP) is 6.02. The molecule has 0 bridgehead atoms. The Morgan fingerprint density at radius 2 is 1.86 bits per heavy atom. The van der Waals surface area contributed by atoms with Gasteiger partial charge in [0.25, 0.3) is 0 Å². The minimum absolute atomic E-state index is 0.544. The van der Waals surface area contributed by atoms with E-state index in [0.717, 1.165) is 12.8 Å². The van der Waals surface area contributed by atoms with Gasteiger partial charge in [0.15, 0.2) is 0 Å². The summed E-state index contributed by atoms with van der Waals surface area (Å²) in [6, 6.07) is 17.8. The number of hydrogen-bond donors (Lipinski definition) is 0. The molecule has 21 heavy (non-hydrogen) atoms. The van der Waals surface area contributed by atoms with Gasteiger partial charge in [-0.05, 0) is 60.4 Å². The van der Waals surface area contributed by atoms with Gasteiger partial charge in [-0.2, -0.15) is 0 Å². The first-order valence-electron chi connectivity index (χ1n) is 7.95. The van der Waals surface area contributed by atoms with Crippen LogP contribution < -0.4 is 0 Å². The molecule has 0 aliphatic carbocycles. The van der Waals surface area contributed by atoms with E-state index < -0.39 is 0 Å². The average molecular weight is 278 g/mol. The van der Waals surface area contributed by atoms with Gasteiger partial charge in [-0.25, -0.2) is 0 Å². The molecule has 0 N–H and O–H groups in total. The molecule has 0 saturated carbocycles. The third kappa shape index (κ3) is 3.85. The van der Waals surface area contributed by atoms with E-state index in [9.17, 15) is 0 Å². The smallest absolute Gasteiger partial charge is 0.0150 e. The summed E-state index contributed by atoms with van der Waals surface area (Å²) >= 11 is 0. The quantitative estimate of drug-likeness (QED) is 0.627. The van der Waals surface area contributed by atoms with Crippen molar-refractivity contribution < 1.29 is 0 Å². The fourth-order valence-corrected chi connectivity index (χ4v) is 2.81. The minimum Gasteiger partial charge on any atom is -0.0841 e. The van der Waals surface area contributed by atoms with Crippen molar-refractivity contribution in [3.8, 4) is 0 Å². The Morgan fingerprint density at radius 1 is 1.10 bits per heavy atom. The van der Waals surface area contributed by atoms with Crippen molar-refractivity contribution in [1.29, 1.82) is 0 Å². The van der Waals surface area contributed by atoms with E-state index in [4.69, 9.17) is 0 Å². The van der Waals surface area contributed by atoms with Crippen LogP contribution in [-0.2, 0) is 12.8 Å². The number of benzene rings is 2. The van der Waals surface area contributed by atoms with Crippen LogP contribution in [0.3, 0.4) is 0 Å². The van der Waals surface area contributed by atoms with Crippen molar-refractivity contribution in [3.05, 3.63) is 76.9 Å². The van der Waals surface area contributed by atoms with Gasteiger partial charge in [0.2, 0.25) is 0 Å². The summed E-state index contributed by atoms with van der Waals surface area (Å²) in [5.74, 6) is 0.544. The molecule has 0 amide bonds.